The monoisotopic (exact) mass is 613 g/mol. The van der Waals surface area contributed by atoms with Crippen molar-refractivity contribution in [2.24, 2.45) is 0 Å². The molecule has 0 radical (unpaired) electrons. The molecule has 1 heteroatoms. The molecule has 0 aromatic heterocycles. The fourth-order valence-electron chi connectivity index (χ4n) is 7.69. The molecular formula is C47H35N. The van der Waals surface area contributed by atoms with Gasteiger partial charge < -0.3 is 4.90 Å². The van der Waals surface area contributed by atoms with Gasteiger partial charge in [0.15, 0.2) is 0 Å². The summed E-state index contributed by atoms with van der Waals surface area (Å²) in [4.78, 5) is 2.44. The molecule has 0 fully saturated rings. The molecule has 228 valence electrons. The lowest BCUT2D eigenvalue weighted by molar-refractivity contribution is 0.660. The summed E-state index contributed by atoms with van der Waals surface area (Å²) in [5.41, 5.74) is 13.6. The van der Waals surface area contributed by atoms with E-state index < -0.39 is 0 Å². The van der Waals surface area contributed by atoms with E-state index in [1.807, 2.05) is 0 Å². The molecular weight excluding hydrogens is 579 g/mol. The Bertz CT molecular complexity index is 2340. The maximum absolute atomic E-state index is 2.44. The summed E-state index contributed by atoms with van der Waals surface area (Å²) in [5, 5.41) is 5.04. The topological polar surface area (TPSA) is 3.24 Å². The second-order valence-electron chi connectivity index (χ2n) is 13.4. The van der Waals surface area contributed by atoms with Crippen molar-refractivity contribution in [2.75, 3.05) is 4.90 Å². The van der Waals surface area contributed by atoms with E-state index in [9.17, 15) is 0 Å². The number of benzene rings is 8. The van der Waals surface area contributed by atoms with Gasteiger partial charge in [0.2, 0.25) is 0 Å². The number of fused-ring (bicyclic) bond motifs is 5. The summed E-state index contributed by atoms with van der Waals surface area (Å²) in [6, 6.07) is 64.4. The van der Waals surface area contributed by atoms with Crippen molar-refractivity contribution in [3.63, 3.8) is 0 Å². The van der Waals surface area contributed by atoms with Crippen molar-refractivity contribution in [1.82, 2.24) is 0 Å². The summed E-state index contributed by atoms with van der Waals surface area (Å²) in [5.74, 6) is 0. The molecule has 8 aromatic rings. The Morgan fingerprint density at radius 1 is 0.375 bits per heavy atom. The van der Waals surface area contributed by atoms with E-state index in [2.05, 4.69) is 195 Å². The van der Waals surface area contributed by atoms with Crippen LogP contribution in [0.5, 0.6) is 0 Å². The molecule has 1 aliphatic rings. The molecule has 9 rings (SSSR count). The van der Waals surface area contributed by atoms with Crippen LogP contribution < -0.4 is 4.90 Å². The number of hydrogen-bond acceptors (Lipinski definition) is 1. The highest BCUT2D eigenvalue weighted by molar-refractivity contribution is 5.96. The molecule has 0 N–H and O–H groups in total. The van der Waals surface area contributed by atoms with Crippen molar-refractivity contribution in [3.05, 3.63) is 187 Å². The minimum Gasteiger partial charge on any atom is -0.310 e. The van der Waals surface area contributed by atoms with Crippen LogP contribution in [0, 0.1) is 0 Å². The maximum atomic E-state index is 2.44. The first kappa shape index (κ1) is 28.3. The molecule has 0 aliphatic heterocycles. The second-order valence-corrected chi connectivity index (χ2v) is 13.4. The highest BCUT2D eigenvalue weighted by Crippen LogP contribution is 2.54. The van der Waals surface area contributed by atoms with Gasteiger partial charge in [-0.15, -0.1) is 0 Å². The van der Waals surface area contributed by atoms with Crippen LogP contribution in [0.2, 0.25) is 0 Å². The van der Waals surface area contributed by atoms with Crippen molar-refractivity contribution >= 4 is 38.6 Å². The third kappa shape index (κ3) is 4.62. The first-order valence-corrected chi connectivity index (χ1v) is 16.8. The average molecular weight is 614 g/mol. The van der Waals surface area contributed by atoms with Crippen LogP contribution in [0.3, 0.4) is 0 Å². The average Bonchev–Trinajstić information content (AvgIpc) is 3.38. The van der Waals surface area contributed by atoms with E-state index in [0.717, 1.165) is 11.4 Å². The molecule has 1 aliphatic carbocycles. The van der Waals surface area contributed by atoms with Crippen LogP contribution >= 0.6 is 0 Å². The van der Waals surface area contributed by atoms with E-state index in [4.69, 9.17) is 0 Å². The van der Waals surface area contributed by atoms with E-state index in [1.54, 1.807) is 0 Å². The summed E-state index contributed by atoms with van der Waals surface area (Å²) in [6.45, 7) is 4.70. The number of rotatable bonds is 5. The Hall–Kier alpha value is -5.92. The highest BCUT2D eigenvalue weighted by atomic mass is 15.1. The van der Waals surface area contributed by atoms with Gasteiger partial charge in [0, 0.05) is 22.4 Å². The lowest BCUT2D eigenvalue weighted by atomic mass is 9.82. The van der Waals surface area contributed by atoms with Gasteiger partial charge in [-0.3, -0.25) is 0 Å². The van der Waals surface area contributed by atoms with E-state index >= 15 is 0 Å². The number of nitrogens with zero attached hydrogens (tertiary/aromatic N) is 1. The van der Waals surface area contributed by atoms with Gasteiger partial charge in [0.1, 0.15) is 0 Å². The Kier molecular flexibility index (Phi) is 6.55. The fraction of sp³-hybridized carbons (Fsp3) is 0.0638. The number of hydrogen-bond donors (Lipinski definition) is 0. The Balaban J connectivity index is 1.18. The molecule has 0 unspecified atom stereocenters. The third-order valence-corrected chi connectivity index (χ3v) is 10.2. The molecule has 48 heavy (non-hydrogen) atoms. The normalized spacial score (nSPS) is 13.0. The molecule has 1 nitrogen and oxygen atoms in total. The molecule has 0 bridgehead atoms. The molecule has 0 atom stereocenters. The summed E-state index contributed by atoms with van der Waals surface area (Å²) in [7, 11) is 0. The van der Waals surface area contributed by atoms with Crippen molar-refractivity contribution < 1.29 is 0 Å². The van der Waals surface area contributed by atoms with Crippen LogP contribution in [0.4, 0.5) is 17.1 Å². The lowest BCUT2D eigenvalue weighted by Gasteiger charge is -2.29. The minimum absolute atomic E-state index is 0.0759. The zero-order valence-electron chi connectivity index (χ0n) is 27.2. The molecule has 0 saturated heterocycles. The van der Waals surface area contributed by atoms with E-state index in [-0.39, 0.29) is 5.41 Å². The smallest absolute Gasteiger partial charge is 0.0543 e. The fourth-order valence-corrected chi connectivity index (χ4v) is 7.69. The standard InChI is InChI=1S/C47H35N/c1-47(2)43-15-8-7-14-42(43)46-44(47)16-9-17-45(46)48(40-26-22-34(23-27-40)38-20-18-32-10-3-5-12-36(32)30-38)41-28-24-35(25-29-41)39-21-19-33-11-4-6-13-37(33)31-39/h3-31H,1-2H3. The maximum Gasteiger partial charge on any atom is 0.0543 e. The van der Waals surface area contributed by atoms with E-state index in [0.29, 0.717) is 0 Å². The zero-order valence-corrected chi connectivity index (χ0v) is 27.2. The highest BCUT2D eigenvalue weighted by Gasteiger charge is 2.37. The quantitative estimate of drug-likeness (QED) is 0.187. The molecule has 8 aromatic carbocycles. The van der Waals surface area contributed by atoms with Crippen LogP contribution in [0.25, 0.3) is 54.9 Å². The lowest BCUT2D eigenvalue weighted by Crippen LogP contribution is -2.16. The molecule has 0 heterocycles. The van der Waals surface area contributed by atoms with Crippen molar-refractivity contribution in [2.45, 2.75) is 19.3 Å². The summed E-state index contributed by atoms with van der Waals surface area (Å²) in [6.07, 6.45) is 0. The predicted octanol–water partition coefficient (Wildman–Crippen LogP) is 13.1. The van der Waals surface area contributed by atoms with Gasteiger partial charge in [-0.2, -0.15) is 0 Å². The van der Waals surface area contributed by atoms with Gasteiger partial charge >= 0.3 is 0 Å². The molecule has 0 saturated carbocycles. The van der Waals surface area contributed by atoms with Crippen LogP contribution in [-0.2, 0) is 5.41 Å². The molecule has 0 amide bonds. The first-order chi connectivity index (χ1) is 23.5. The minimum atomic E-state index is -0.0759. The van der Waals surface area contributed by atoms with Gasteiger partial charge in [-0.25, -0.2) is 0 Å². The zero-order chi connectivity index (χ0) is 32.2. The van der Waals surface area contributed by atoms with Gasteiger partial charge in [0.05, 0.1) is 5.69 Å². The largest absolute Gasteiger partial charge is 0.310 e. The Labute approximate surface area is 282 Å². The SMILES string of the molecule is CC1(C)c2ccccc2-c2c(N(c3ccc(-c4ccc5ccccc5c4)cc3)c3ccc(-c4ccc5ccccc5c4)cc3)cccc21. The van der Waals surface area contributed by atoms with Gasteiger partial charge in [0.25, 0.3) is 0 Å². The van der Waals surface area contributed by atoms with Crippen LogP contribution in [0.1, 0.15) is 25.0 Å². The number of anilines is 3. The third-order valence-electron chi connectivity index (χ3n) is 10.2. The molecule has 0 spiro atoms. The second kappa shape index (κ2) is 11.1. The Morgan fingerprint density at radius 3 is 1.40 bits per heavy atom. The van der Waals surface area contributed by atoms with Crippen molar-refractivity contribution in [3.8, 4) is 33.4 Å². The summed E-state index contributed by atoms with van der Waals surface area (Å²) >= 11 is 0. The van der Waals surface area contributed by atoms with Crippen molar-refractivity contribution in [1.29, 1.82) is 0 Å². The van der Waals surface area contributed by atoms with E-state index in [1.165, 1.54) is 71.7 Å². The van der Waals surface area contributed by atoms with Gasteiger partial charge in [-0.1, -0.05) is 147 Å². The van der Waals surface area contributed by atoms with Crippen LogP contribution in [-0.4, -0.2) is 0 Å². The Morgan fingerprint density at radius 2 is 0.833 bits per heavy atom. The first-order valence-electron chi connectivity index (χ1n) is 16.8. The van der Waals surface area contributed by atoms with Crippen LogP contribution in [0.15, 0.2) is 176 Å². The summed E-state index contributed by atoms with van der Waals surface area (Å²) < 4.78 is 0. The van der Waals surface area contributed by atoms with Gasteiger partial charge in [-0.05, 0) is 103 Å². The predicted molar refractivity (Wildman–Crippen MR) is 205 cm³/mol.